The second kappa shape index (κ2) is 6.93. The van der Waals surface area contributed by atoms with Crippen LogP contribution in [0.25, 0.3) is 0 Å². The summed E-state index contributed by atoms with van der Waals surface area (Å²) in [6, 6.07) is 10.1. The van der Waals surface area contributed by atoms with Crippen LogP contribution in [-0.2, 0) is 20.0 Å². The van der Waals surface area contributed by atoms with Gasteiger partial charge in [-0.05, 0) is 23.6 Å². The van der Waals surface area contributed by atoms with E-state index >= 15 is 0 Å². The van der Waals surface area contributed by atoms with Crippen LogP contribution in [-0.4, -0.2) is 51.4 Å². The number of aliphatic hydroxyl groups excluding tert-OH is 1. The van der Waals surface area contributed by atoms with Gasteiger partial charge in [-0.2, -0.15) is 5.10 Å². The van der Waals surface area contributed by atoms with Gasteiger partial charge >= 0.3 is 0 Å². The summed E-state index contributed by atoms with van der Waals surface area (Å²) in [5.41, 5.74) is 3.21. The first-order valence-electron chi connectivity index (χ1n) is 7.87. The molecule has 0 radical (unpaired) electrons. The number of β-amino-alcohol motifs (C(OH)–C–C–N with tert-alkyl or cyclic N) is 1. The van der Waals surface area contributed by atoms with E-state index in [2.05, 4.69) is 33.5 Å². The molecule has 0 fully saturated rings. The third-order valence-electron chi connectivity index (χ3n) is 4.23. The fourth-order valence-electron chi connectivity index (χ4n) is 2.97. The van der Waals surface area contributed by atoms with E-state index in [4.69, 9.17) is 0 Å². The van der Waals surface area contributed by atoms with Crippen LogP contribution in [0.2, 0.25) is 0 Å². The number of hydrogen-bond acceptors (Lipinski definition) is 4. The van der Waals surface area contributed by atoms with E-state index in [0.717, 1.165) is 19.5 Å². The summed E-state index contributed by atoms with van der Waals surface area (Å²) in [5.74, 6) is -0.215. The lowest BCUT2D eigenvalue weighted by Gasteiger charge is -2.30. The Morgan fingerprint density at radius 1 is 1.35 bits per heavy atom. The zero-order chi connectivity index (χ0) is 16.2. The maximum Gasteiger partial charge on any atom is 0.269 e. The second-order valence-corrected chi connectivity index (χ2v) is 5.96. The molecule has 1 aromatic heterocycles. The van der Waals surface area contributed by atoms with Gasteiger partial charge in [0, 0.05) is 39.4 Å². The van der Waals surface area contributed by atoms with E-state index in [0.29, 0.717) is 12.2 Å². The molecule has 1 amide bonds. The standard InChI is InChI=1S/C17H22N4O2/c1-20-16(6-8-19-20)17(23)18-10-15(22)12-21-9-7-13-4-2-3-5-14(13)11-21/h2-6,8,15,22H,7,9-12H2,1H3,(H,18,23). The van der Waals surface area contributed by atoms with Crippen molar-refractivity contribution in [1.29, 1.82) is 0 Å². The maximum absolute atomic E-state index is 12.0. The second-order valence-electron chi connectivity index (χ2n) is 5.96. The molecule has 1 aromatic carbocycles. The molecule has 6 nitrogen and oxygen atoms in total. The van der Waals surface area contributed by atoms with E-state index in [9.17, 15) is 9.90 Å². The van der Waals surface area contributed by atoms with Crippen LogP contribution in [0.4, 0.5) is 0 Å². The molecule has 122 valence electrons. The van der Waals surface area contributed by atoms with Crippen molar-refractivity contribution < 1.29 is 9.90 Å². The highest BCUT2D eigenvalue weighted by molar-refractivity contribution is 5.92. The summed E-state index contributed by atoms with van der Waals surface area (Å²) < 4.78 is 1.52. The Labute approximate surface area is 135 Å². The highest BCUT2D eigenvalue weighted by atomic mass is 16.3. The minimum Gasteiger partial charge on any atom is -0.390 e. The first-order chi connectivity index (χ1) is 11.1. The van der Waals surface area contributed by atoms with Gasteiger partial charge in [-0.3, -0.25) is 14.4 Å². The van der Waals surface area contributed by atoms with Gasteiger partial charge in [-0.1, -0.05) is 24.3 Å². The minimum absolute atomic E-state index is 0.215. The summed E-state index contributed by atoms with van der Waals surface area (Å²) in [5, 5.41) is 16.9. The van der Waals surface area contributed by atoms with E-state index in [1.807, 2.05) is 6.07 Å². The summed E-state index contributed by atoms with van der Waals surface area (Å²) in [6.07, 6.45) is 2.00. The fourth-order valence-corrected chi connectivity index (χ4v) is 2.97. The smallest absolute Gasteiger partial charge is 0.269 e. The number of rotatable bonds is 5. The van der Waals surface area contributed by atoms with Gasteiger partial charge in [0.1, 0.15) is 5.69 Å². The highest BCUT2D eigenvalue weighted by Gasteiger charge is 2.19. The van der Waals surface area contributed by atoms with Gasteiger partial charge in [0.15, 0.2) is 0 Å². The van der Waals surface area contributed by atoms with E-state index in [-0.39, 0.29) is 12.5 Å². The van der Waals surface area contributed by atoms with Gasteiger partial charge in [-0.15, -0.1) is 0 Å². The van der Waals surface area contributed by atoms with Crippen molar-refractivity contribution in [2.75, 3.05) is 19.6 Å². The van der Waals surface area contributed by atoms with Crippen molar-refractivity contribution >= 4 is 5.91 Å². The first-order valence-corrected chi connectivity index (χ1v) is 7.87. The lowest BCUT2D eigenvalue weighted by Crippen LogP contribution is -2.42. The molecule has 1 atom stereocenters. The Kier molecular flexibility index (Phi) is 4.73. The molecule has 1 aliphatic rings. The van der Waals surface area contributed by atoms with Crippen LogP contribution in [0.3, 0.4) is 0 Å². The molecule has 23 heavy (non-hydrogen) atoms. The summed E-state index contributed by atoms with van der Waals surface area (Å²) in [4.78, 5) is 14.2. The van der Waals surface area contributed by atoms with Gasteiger partial charge in [0.25, 0.3) is 5.91 Å². The number of amides is 1. The number of benzene rings is 1. The number of nitrogens with one attached hydrogen (secondary N) is 1. The number of aryl methyl sites for hydroxylation is 1. The predicted molar refractivity (Wildman–Crippen MR) is 87.0 cm³/mol. The Balaban J connectivity index is 1.48. The maximum atomic E-state index is 12.0. The number of carbonyl (C=O) groups is 1. The Bertz CT molecular complexity index is 683. The topological polar surface area (TPSA) is 70.4 Å². The lowest BCUT2D eigenvalue weighted by molar-refractivity contribution is 0.0834. The zero-order valence-corrected chi connectivity index (χ0v) is 13.3. The summed E-state index contributed by atoms with van der Waals surface area (Å²) >= 11 is 0. The Morgan fingerprint density at radius 3 is 2.87 bits per heavy atom. The molecular weight excluding hydrogens is 292 g/mol. The summed E-state index contributed by atoms with van der Waals surface area (Å²) in [7, 11) is 1.72. The lowest BCUT2D eigenvalue weighted by atomic mass is 10.00. The van der Waals surface area contributed by atoms with Crippen LogP contribution in [0.15, 0.2) is 36.5 Å². The molecular formula is C17H22N4O2. The van der Waals surface area contributed by atoms with Gasteiger partial charge in [0.05, 0.1) is 6.10 Å². The number of fused-ring (bicyclic) bond motifs is 1. The first kappa shape index (κ1) is 15.7. The zero-order valence-electron chi connectivity index (χ0n) is 13.3. The van der Waals surface area contributed by atoms with E-state index in [1.54, 1.807) is 19.3 Å². The van der Waals surface area contributed by atoms with Gasteiger partial charge in [0.2, 0.25) is 0 Å². The Morgan fingerprint density at radius 2 is 2.13 bits per heavy atom. The number of hydrogen-bond donors (Lipinski definition) is 2. The van der Waals surface area contributed by atoms with Gasteiger partial charge < -0.3 is 10.4 Å². The Hall–Kier alpha value is -2.18. The molecule has 1 aliphatic heterocycles. The monoisotopic (exact) mass is 314 g/mol. The molecule has 6 heteroatoms. The van der Waals surface area contributed by atoms with Crippen molar-refractivity contribution in [3.63, 3.8) is 0 Å². The highest BCUT2D eigenvalue weighted by Crippen LogP contribution is 2.18. The van der Waals surface area contributed by atoms with Crippen molar-refractivity contribution in [3.8, 4) is 0 Å². The van der Waals surface area contributed by atoms with Crippen molar-refractivity contribution in [1.82, 2.24) is 20.0 Å². The average Bonchev–Trinajstić information content (AvgIpc) is 2.98. The average molecular weight is 314 g/mol. The predicted octanol–water partition coefficient (Wildman–Crippen LogP) is 0.569. The van der Waals surface area contributed by atoms with Crippen molar-refractivity contribution in [3.05, 3.63) is 53.3 Å². The summed E-state index contributed by atoms with van der Waals surface area (Å²) in [6.45, 7) is 2.58. The van der Waals surface area contributed by atoms with Crippen LogP contribution in [0.5, 0.6) is 0 Å². The quantitative estimate of drug-likeness (QED) is 0.846. The molecule has 2 aromatic rings. The van der Waals surface area contributed by atoms with E-state index in [1.165, 1.54) is 15.8 Å². The molecule has 0 aliphatic carbocycles. The molecule has 2 N–H and O–H groups in total. The van der Waals surface area contributed by atoms with Crippen LogP contribution in [0.1, 0.15) is 21.6 Å². The third kappa shape index (κ3) is 3.78. The van der Waals surface area contributed by atoms with Crippen molar-refractivity contribution in [2.24, 2.45) is 7.05 Å². The largest absolute Gasteiger partial charge is 0.390 e. The van der Waals surface area contributed by atoms with Gasteiger partial charge in [-0.25, -0.2) is 0 Å². The van der Waals surface area contributed by atoms with Crippen molar-refractivity contribution in [2.45, 2.75) is 19.1 Å². The third-order valence-corrected chi connectivity index (χ3v) is 4.23. The van der Waals surface area contributed by atoms with Crippen LogP contribution < -0.4 is 5.32 Å². The molecule has 0 bridgehead atoms. The SMILES string of the molecule is Cn1nccc1C(=O)NCC(O)CN1CCc2ccccc2C1. The van der Waals surface area contributed by atoms with E-state index < -0.39 is 6.10 Å². The minimum atomic E-state index is -0.586. The number of nitrogens with zero attached hydrogens (tertiary/aromatic N) is 3. The van der Waals surface area contributed by atoms with Crippen LogP contribution in [0, 0.1) is 0 Å². The normalized spacial score (nSPS) is 15.9. The fraction of sp³-hybridized carbons (Fsp3) is 0.412. The molecule has 3 rings (SSSR count). The molecule has 0 saturated heterocycles. The molecule has 0 spiro atoms. The number of carbonyl (C=O) groups excluding carboxylic acids is 1. The van der Waals surface area contributed by atoms with Crippen LogP contribution >= 0.6 is 0 Å². The molecule has 2 heterocycles. The molecule has 0 saturated carbocycles. The number of aromatic nitrogens is 2. The number of aliphatic hydroxyl groups is 1. The molecule has 1 unspecified atom stereocenters.